The Bertz CT molecular complexity index is 556. The highest BCUT2D eigenvalue weighted by Gasteiger charge is 2.51. The summed E-state index contributed by atoms with van der Waals surface area (Å²) in [6.45, 7) is 0.563. The Labute approximate surface area is 125 Å². The Morgan fingerprint density at radius 3 is 2.50 bits per heavy atom. The molecule has 0 spiro atoms. The average molecular weight is 338 g/mol. The number of carbonyl (C=O) groups is 2. The molecule has 1 N–H and O–H groups in total. The number of nitrogens with zero attached hydrogens (tertiary/aromatic N) is 1. The molecule has 5 heteroatoms. The van der Waals surface area contributed by atoms with Crippen molar-refractivity contribution in [3.05, 3.63) is 34.3 Å². The monoisotopic (exact) mass is 337 g/mol. The molecule has 2 aliphatic rings. The molecule has 0 unspecified atom stereocenters. The summed E-state index contributed by atoms with van der Waals surface area (Å²) in [5, 5.41) is 8.96. The quantitative estimate of drug-likeness (QED) is 0.898. The summed E-state index contributed by atoms with van der Waals surface area (Å²) < 4.78 is 0.990. The zero-order valence-corrected chi connectivity index (χ0v) is 12.5. The van der Waals surface area contributed by atoms with Gasteiger partial charge in [-0.3, -0.25) is 9.59 Å². The Morgan fingerprint density at radius 2 is 1.95 bits per heavy atom. The van der Waals surface area contributed by atoms with E-state index in [9.17, 15) is 9.59 Å². The van der Waals surface area contributed by atoms with Gasteiger partial charge in [-0.05, 0) is 30.9 Å². The standard InChI is InChI=1S/C15H16BrNO3/c16-13-4-2-1-3-9(13)8-17(10-5-6-10)14(18)11-7-12(11)15(19)20/h1-4,10-12H,5-8H2,(H,19,20)/t11-,12+/m1/s1. The molecule has 4 nitrogen and oxygen atoms in total. The number of halogens is 1. The number of carboxylic acids is 1. The smallest absolute Gasteiger partial charge is 0.307 e. The Balaban J connectivity index is 1.72. The van der Waals surface area contributed by atoms with Crippen LogP contribution in [0.15, 0.2) is 28.7 Å². The van der Waals surface area contributed by atoms with Crippen LogP contribution in [-0.4, -0.2) is 27.9 Å². The van der Waals surface area contributed by atoms with Gasteiger partial charge in [-0.15, -0.1) is 0 Å². The van der Waals surface area contributed by atoms with Crippen LogP contribution in [0.4, 0.5) is 0 Å². The number of rotatable bonds is 5. The number of carbonyl (C=O) groups excluding carboxylic acids is 1. The summed E-state index contributed by atoms with van der Waals surface area (Å²) >= 11 is 3.50. The van der Waals surface area contributed by atoms with Crippen LogP contribution < -0.4 is 0 Å². The molecule has 0 saturated heterocycles. The van der Waals surface area contributed by atoms with Gasteiger partial charge in [0.1, 0.15) is 0 Å². The van der Waals surface area contributed by atoms with Crippen LogP contribution in [0.3, 0.4) is 0 Å². The molecule has 3 rings (SSSR count). The zero-order chi connectivity index (χ0) is 14.3. The van der Waals surface area contributed by atoms with Gasteiger partial charge in [-0.25, -0.2) is 0 Å². The van der Waals surface area contributed by atoms with Crippen LogP contribution in [0.2, 0.25) is 0 Å². The molecule has 106 valence electrons. The molecular formula is C15H16BrNO3. The molecule has 2 fully saturated rings. The summed E-state index contributed by atoms with van der Waals surface area (Å²) in [5.74, 6) is -1.62. The molecule has 0 bridgehead atoms. The summed E-state index contributed by atoms with van der Waals surface area (Å²) in [6, 6.07) is 8.14. The van der Waals surface area contributed by atoms with Gasteiger partial charge in [0.15, 0.2) is 0 Å². The molecule has 0 aromatic heterocycles. The number of amides is 1. The molecule has 0 radical (unpaired) electrons. The van der Waals surface area contributed by atoms with Crippen molar-refractivity contribution in [1.82, 2.24) is 4.90 Å². The van der Waals surface area contributed by atoms with Crippen molar-refractivity contribution >= 4 is 27.8 Å². The topological polar surface area (TPSA) is 57.6 Å². The van der Waals surface area contributed by atoms with Gasteiger partial charge >= 0.3 is 5.97 Å². The van der Waals surface area contributed by atoms with Crippen molar-refractivity contribution in [3.63, 3.8) is 0 Å². The molecular weight excluding hydrogens is 322 g/mol. The Kier molecular flexibility index (Phi) is 3.54. The molecule has 1 amide bonds. The largest absolute Gasteiger partial charge is 0.481 e. The fourth-order valence-electron chi connectivity index (χ4n) is 2.54. The van der Waals surface area contributed by atoms with Crippen molar-refractivity contribution in [3.8, 4) is 0 Å². The zero-order valence-electron chi connectivity index (χ0n) is 11.0. The lowest BCUT2D eigenvalue weighted by Gasteiger charge is -2.23. The van der Waals surface area contributed by atoms with Crippen LogP contribution in [-0.2, 0) is 16.1 Å². The van der Waals surface area contributed by atoms with Crippen molar-refractivity contribution < 1.29 is 14.7 Å². The minimum absolute atomic E-state index is 0.00986. The molecule has 2 atom stereocenters. The van der Waals surface area contributed by atoms with Gasteiger partial charge in [0.2, 0.25) is 5.91 Å². The second kappa shape index (κ2) is 5.20. The normalized spacial score (nSPS) is 24.2. The molecule has 2 aliphatic carbocycles. The Morgan fingerprint density at radius 1 is 1.25 bits per heavy atom. The SMILES string of the molecule is O=C(O)[C@H]1C[C@H]1C(=O)N(Cc1ccccc1Br)C1CC1. The third kappa shape index (κ3) is 2.73. The highest BCUT2D eigenvalue weighted by Crippen LogP contribution is 2.42. The predicted octanol–water partition coefficient (Wildman–Crippen LogP) is 2.66. The predicted molar refractivity (Wildman–Crippen MR) is 76.9 cm³/mol. The van der Waals surface area contributed by atoms with Crippen molar-refractivity contribution in [2.45, 2.75) is 31.8 Å². The van der Waals surface area contributed by atoms with Crippen molar-refractivity contribution in [2.75, 3.05) is 0 Å². The van der Waals surface area contributed by atoms with E-state index in [1.165, 1.54) is 0 Å². The van der Waals surface area contributed by atoms with Crippen LogP contribution in [0.25, 0.3) is 0 Å². The van der Waals surface area contributed by atoms with E-state index in [0.29, 0.717) is 19.0 Å². The summed E-state index contributed by atoms with van der Waals surface area (Å²) in [6.07, 6.45) is 2.55. The summed E-state index contributed by atoms with van der Waals surface area (Å²) in [5.41, 5.74) is 1.07. The molecule has 2 saturated carbocycles. The van der Waals surface area contributed by atoms with Crippen LogP contribution in [0, 0.1) is 11.8 Å². The Hall–Kier alpha value is -1.36. The highest BCUT2D eigenvalue weighted by molar-refractivity contribution is 9.10. The van der Waals surface area contributed by atoms with E-state index in [1.807, 2.05) is 29.2 Å². The van der Waals surface area contributed by atoms with E-state index >= 15 is 0 Å². The fraction of sp³-hybridized carbons (Fsp3) is 0.467. The lowest BCUT2D eigenvalue weighted by Crippen LogP contribution is -2.34. The van der Waals surface area contributed by atoms with E-state index in [1.54, 1.807) is 0 Å². The number of carboxylic acid groups (broad SMARTS) is 1. The number of aliphatic carboxylic acids is 1. The van der Waals surface area contributed by atoms with E-state index in [0.717, 1.165) is 22.9 Å². The summed E-state index contributed by atoms with van der Waals surface area (Å²) in [7, 11) is 0. The molecule has 0 aliphatic heterocycles. The van der Waals surface area contributed by atoms with Gasteiger partial charge in [-0.2, -0.15) is 0 Å². The third-order valence-corrected chi connectivity index (χ3v) is 4.77. The van der Waals surface area contributed by atoms with E-state index in [4.69, 9.17) is 5.11 Å². The minimum atomic E-state index is -0.847. The van der Waals surface area contributed by atoms with Gasteiger partial charge in [0.25, 0.3) is 0 Å². The van der Waals surface area contributed by atoms with E-state index in [2.05, 4.69) is 15.9 Å². The molecule has 1 aromatic carbocycles. The van der Waals surface area contributed by atoms with Gasteiger partial charge in [0.05, 0.1) is 11.8 Å². The van der Waals surface area contributed by atoms with Gasteiger partial charge < -0.3 is 10.0 Å². The number of hydrogen-bond acceptors (Lipinski definition) is 2. The lowest BCUT2D eigenvalue weighted by atomic mass is 10.2. The first-order valence-corrected chi connectivity index (χ1v) is 7.64. The first-order chi connectivity index (χ1) is 9.58. The highest BCUT2D eigenvalue weighted by atomic mass is 79.9. The molecule has 1 aromatic rings. The maximum absolute atomic E-state index is 12.5. The van der Waals surface area contributed by atoms with Gasteiger partial charge in [-0.1, -0.05) is 34.1 Å². The van der Waals surface area contributed by atoms with Gasteiger partial charge in [0, 0.05) is 17.1 Å². The second-order valence-electron chi connectivity index (χ2n) is 5.58. The van der Waals surface area contributed by atoms with E-state index in [-0.39, 0.29) is 11.8 Å². The third-order valence-electron chi connectivity index (χ3n) is 3.99. The van der Waals surface area contributed by atoms with Crippen molar-refractivity contribution in [1.29, 1.82) is 0 Å². The first-order valence-electron chi connectivity index (χ1n) is 6.84. The second-order valence-corrected chi connectivity index (χ2v) is 6.43. The number of benzene rings is 1. The van der Waals surface area contributed by atoms with E-state index < -0.39 is 11.9 Å². The average Bonchev–Trinajstić information content (AvgIpc) is 3.28. The molecule has 0 heterocycles. The van der Waals surface area contributed by atoms with Crippen LogP contribution in [0.1, 0.15) is 24.8 Å². The fourth-order valence-corrected chi connectivity index (χ4v) is 2.95. The maximum Gasteiger partial charge on any atom is 0.307 e. The maximum atomic E-state index is 12.5. The lowest BCUT2D eigenvalue weighted by molar-refractivity contribution is -0.142. The van der Waals surface area contributed by atoms with Crippen LogP contribution >= 0.6 is 15.9 Å². The minimum Gasteiger partial charge on any atom is -0.481 e. The van der Waals surface area contributed by atoms with Crippen molar-refractivity contribution in [2.24, 2.45) is 11.8 Å². The molecule has 20 heavy (non-hydrogen) atoms. The summed E-state index contributed by atoms with van der Waals surface area (Å²) in [4.78, 5) is 25.3. The number of hydrogen-bond donors (Lipinski definition) is 1. The first kappa shape index (κ1) is 13.6. The van der Waals surface area contributed by atoms with Crippen LogP contribution in [0.5, 0.6) is 0 Å².